The highest BCUT2D eigenvalue weighted by Gasteiger charge is 2.22. The van der Waals surface area contributed by atoms with E-state index < -0.39 is 0 Å². The molecule has 1 aliphatic carbocycles. The summed E-state index contributed by atoms with van der Waals surface area (Å²) in [6, 6.07) is 2.94. The van der Waals surface area contributed by atoms with Gasteiger partial charge in [0.05, 0.1) is 0 Å². The fourth-order valence-electron chi connectivity index (χ4n) is 2.25. The van der Waals surface area contributed by atoms with Crippen molar-refractivity contribution in [2.75, 3.05) is 23.3 Å². The van der Waals surface area contributed by atoms with Gasteiger partial charge in [0.2, 0.25) is 0 Å². The first kappa shape index (κ1) is 10.8. The Morgan fingerprint density at radius 3 is 2.94 bits per heavy atom. The lowest BCUT2D eigenvalue weighted by molar-refractivity contribution is 0.503. The third-order valence-electron chi connectivity index (χ3n) is 3.36. The van der Waals surface area contributed by atoms with Gasteiger partial charge >= 0.3 is 0 Å². The van der Waals surface area contributed by atoms with Crippen LogP contribution in [-0.2, 0) is 0 Å². The minimum Gasteiger partial charge on any atom is -0.367 e. The lowest BCUT2D eigenvalue weighted by Crippen LogP contribution is -2.43. The van der Waals surface area contributed by atoms with Crippen LogP contribution in [0.25, 0.3) is 0 Å². The molecule has 0 bridgehead atoms. The first-order valence-corrected chi connectivity index (χ1v) is 6.40. The Labute approximate surface area is 101 Å². The van der Waals surface area contributed by atoms with E-state index in [-0.39, 0.29) is 6.04 Å². The van der Waals surface area contributed by atoms with Crippen molar-refractivity contribution in [2.45, 2.75) is 37.8 Å². The maximum absolute atomic E-state index is 5.99. The molecule has 2 aliphatic rings. The smallest absolute Gasteiger partial charge is 0.134 e. The molecule has 2 fully saturated rings. The normalized spacial score (nSPS) is 24.8. The zero-order valence-corrected chi connectivity index (χ0v) is 9.97. The van der Waals surface area contributed by atoms with Gasteiger partial charge in [-0.25, -0.2) is 9.97 Å². The van der Waals surface area contributed by atoms with Gasteiger partial charge in [0.15, 0.2) is 0 Å². The Kier molecular flexibility index (Phi) is 2.84. The third-order valence-corrected chi connectivity index (χ3v) is 3.36. The summed E-state index contributed by atoms with van der Waals surface area (Å²) < 4.78 is 0. The summed E-state index contributed by atoms with van der Waals surface area (Å²) in [6.45, 7) is 1.95. The molecule has 0 unspecified atom stereocenters. The highest BCUT2D eigenvalue weighted by molar-refractivity contribution is 5.49. The zero-order valence-electron chi connectivity index (χ0n) is 9.97. The van der Waals surface area contributed by atoms with Crippen molar-refractivity contribution in [1.82, 2.24) is 9.97 Å². The minimum atomic E-state index is 0.276. The van der Waals surface area contributed by atoms with Crippen molar-refractivity contribution in [3.8, 4) is 0 Å². The molecular weight excluding hydrogens is 214 g/mol. The Balaban J connectivity index is 1.72. The van der Waals surface area contributed by atoms with E-state index in [1.165, 1.54) is 12.8 Å². The lowest BCUT2D eigenvalue weighted by Gasteiger charge is -2.31. The standard InChI is InChI=1S/C12H19N5/c13-9-2-1-5-17(7-9)12-6-11(14-8-15-12)16-10-3-4-10/h6,8-10H,1-5,7,13H2,(H,14,15,16)/t9-/m0/s1. The number of hydrogen-bond acceptors (Lipinski definition) is 5. The van der Waals surface area contributed by atoms with Crippen molar-refractivity contribution in [1.29, 1.82) is 0 Å². The molecule has 3 N–H and O–H groups in total. The molecule has 0 spiro atoms. The Bertz CT molecular complexity index is 390. The maximum Gasteiger partial charge on any atom is 0.134 e. The molecule has 0 aromatic carbocycles. The second-order valence-electron chi connectivity index (χ2n) is 5.03. The number of hydrogen-bond donors (Lipinski definition) is 2. The van der Waals surface area contributed by atoms with Gasteiger partial charge in [-0.15, -0.1) is 0 Å². The fourth-order valence-corrected chi connectivity index (χ4v) is 2.25. The van der Waals surface area contributed by atoms with Crippen LogP contribution in [-0.4, -0.2) is 35.1 Å². The first-order chi connectivity index (χ1) is 8.31. The number of nitrogens with zero attached hydrogens (tertiary/aromatic N) is 3. The van der Waals surface area contributed by atoms with Gasteiger partial charge in [0.1, 0.15) is 18.0 Å². The van der Waals surface area contributed by atoms with Crippen LogP contribution in [0.3, 0.4) is 0 Å². The molecule has 1 saturated carbocycles. The van der Waals surface area contributed by atoms with E-state index in [0.29, 0.717) is 6.04 Å². The molecule has 1 aliphatic heterocycles. The number of rotatable bonds is 3. The summed E-state index contributed by atoms with van der Waals surface area (Å²) in [5.74, 6) is 1.94. The summed E-state index contributed by atoms with van der Waals surface area (Å²) in [5.41, 5.74) is 5.99. The Morgan fingerprint density at radius 2 is 2.18 bits per heavy atom. The summed E-state index contributed by atoms with van der Waals surface area (Å²) >= 11 is 0. The summed E-state index contributed by atoms with van der Waals surface area (Å²) in [7, 11) is 0. The minimum absolute atomic E-state index is 0.276. The topological polar surface area (TPSA) is 67.1 Å². The van der Waals surface area contributed by atoms with Crippen molar-refractivity contribution in [3.05, 3.63) is 12.4 Å². The lowest BCUT2D eigenvalue weighted by atomic mass is 10.1. The monoisotopic (exact) mass is 233 g/mol. The highest BCUT2D eigenvalue weighted by atomic mass is 15.2. The maximum atomic E-state index is 5.99. The summed E-state index contributed by atoms with van der Waals surface area (Å²) in [5, 5.41) is 3.40. The van der Waals surface area contributed by atoms with Crippen LogP contribution in [0.4, 0.5) is 11.6 Å². The number of aromatic nitrogens is 2. The predicted molar refractivity (Wildman–Crippen MR) is 68.1 cm³/mol. The average molecular weight is 233 g/mol. The summed E-state index contributed by atoms with van der Waals surface area (Å²) in [6.07, 6.45) is 6.42. The Morgan fingerprint density at radius 1 is 1.29 bits per heavy atom. The van der Waals surface area contributed by atoms with Crippen molar-refractivity contribution >= 4 is 11.6 Å². The van der Waals surface area contributed by atoms with Gasteiger partial charge in [0.25, 0.3) is 0 Å². The van der Waals surface area contributed by atoms with Gasteiger partial charge in [-0.2, -0.15) is 0 Å². The van der Waals surface area contributed by atoms with E-state index >= 15 is 0 Å². The SMILES string of the molecule is N[C@H]1CCCN(c2cc(NC3CC3)ncn2)C1. The molecule has 3 rings (SSSR count). The number of nitrogens with two attached hydrogens (primary N) is 1. The fraction of sp³-hybridized carbons (Fsp3) is 0.667. The molecule has 5 heteroatoms. The van der Waals surface area contributed by atoms with E-state index in [4.69, 9.17) is 5.73 Å². The second-order valence-corrected chi connectivity index (χ2v) is 5.03. The number of anilines is 2. The van der Waals surface area contributed by atoms with Crippen molar-refractivity contribution < 1.29 is 0 Å². The van der Waals surface area contributed by atoms with Gasteiger partial charge in [-0.05, 0) is 25.7 Å². The van der Waals surface area contributed by atoms with Crippen LogP contribution in [0.1, 0.15) is 25.7 Å². The van der Waals surface area contributed by atoms with Crippen LogP contribution in [0, 0.1) is 0 Å². The molecule has 1 saturated heterocycles. The van der Waals surface area contributed by atoms with E-state index in [0.717, 1.165) is 37.6 Å². The highest BCUT2D eigenvalue weighted by Crippen LogP contribution is 2.25. The van der Waals surface area contributed by atoms with E-state index in [1.807, 2.05) is 6.07 Å². The Hall–Kier alpha value is -1.36. The van der Waals surface area contributed by atoms with Gasteiger partial charge in [0, 0.05) is 31.2 Å². The molecular formula is C12H19N5. The van der Waals surface area contributed by atoms with Crippen LogP contribution in [0.15, 0.2) is 12.4 Å². The largest absolute Gasteiger partial charge is 0.367 e. The van der Waals surface area contributed by atoms with Crippen LogP contribution < -0.4 is 16.0 Å². The van der Waals surface area contributed by atoms with Crippen molar-refractivity contribution in [2.24, 2.45) is 5.73 Å². The average Bonchev–Trinajstić information content (AvgIpc) is 3.13. The van der Waals surface area contributed by atoms with Crippen LogP contribution in [0.2, 0.25) is 0 Å². The van der Waals surface area contributed by atoms with E-state index in [2.05, 4.69) is 20.2 Å². The van der Waals surface area contributed by atoms with Crippen LogP contribution >= 0.6 is 0 Å². The molecule has 0 radical (unpaired) electrons. The van der Waals surface area contributed by atoms with Gasteiger partial charge in [-0.1, -0.05) is 0 Å². The number of nitrogens with one attached hydrogen (secondary N) is 1. The first-order valence-electron chi connectivity index (χ1n) is 6.40. The van der Waals surface area contributed by atoms with E-state index in [1.54, 1.807) is 6.33 Å². The molecule has 2 heterocycles. The van der Waals surface area contributed by atoms with E-state index in [9.17, 15) is 0 Å². The van der Waals surface area contributed by atoms with Gasteiger partial charge in [-0.3, -0.25) is 0 Å². The molecule has 1 aromatic rings. The molecule has 0 amide bonds. The molecule has 5 nitrogen and oxygen atoms in total. The zero-order chi connectivity index (χ0) is 11.7. The predicted octanol–water partition coefficient (Wildman–Crippen LogP) is 0.978. The third kappa shape index (κ3) is 2.66. The molecule has 1 aromatic heterocycles. The summed E-state index contributed by atoms with van der Waals surface area (Å²) in [4.78, 5) is 10.9. The van der Waals surface area contributed by atoms with Gasteiger partial charge < -0.3 is 16.0 Å². The van der Waals surface area contributed by atoms with Crippen molar-refractivity contribution in [3.63, 3.8) is 0 Å². The molecule has 17 heavy (non-hydrogen) atoms. The quantitative estimate of drug-likeness (QED) is 0.814. The number of piperidine rings is 1. The molecule has 1 atom stereocenters. The molecule has 92 valence electrons. The van der Waals surface area contributed by atoms with Crippen LogP contribution in [0.5, 0.6) is 0 Å². The second kappa shape index (κ2) is 4.49.